The Hall–Kier alpha value is -2.08. The molecule has 2 heterocycles. The second-order valence-corrected chi connectivity index (χ2v) is 5.41. The molecule has 0 bridgehead atoms. The third-order valence-corrected chi connectivity index (χ3v) is 3.67. The fraction of sp³-hybridized carbons (Fsp3) is 0.143. The molecule has 1 unspecified atom stereocenters. The van der Waals surface area contributed by atoms with Crippen LogP contribution >= 0.6 is 15.9 Å². The van der Waals surface area contributed by atoms with Crippen molar-refractivity contribution in [3.63, 3.8) is 0 Å². The Kier molecular flexibility index (Phi) is 3.31. The molecule has 0 amide bonds. The van der Waals surface area contributed by atoms with Gasteiger partial charge in [-0.2, -0.15) is 0 Å². The van der Waals surface area contributed by atoms with Gasteiger partial charge in [-0.1, -0.05) is 18.2 Å². The maximum absolute atomic E-state index is 11.2. The van der Waals surface area contributed by atoms with Crippen LogP contribution in [0.1, 0.15) is 23.7 Å². The molecule has 20 heavy (non-hydrogen) atoms. The number of hydrogen-bond acceptors (Lipinski definition) is 2. The molecular formula is C14H12BrN3O2. The van der Waals surface area contributed by atoms with E-state index < -0.39 is 5.97 Å². The van der Waals surface area contributed by atoms with Crippen molar-refractivity contribution in [1.29, 1.82) is 0 Å². The number of benzene rings is 1. The molecule has 0 aliphatic carbocycles. The predicted molar refractivity (Wildman–Crippen MR) is 78.7 cm³/mol. The molecule has 6 heteroatoms. The minimum absolute atomic E-state index is 0.0121. The zero-order valence-corrected chi connectivity index (χ0v) is 12.0. The van der Waals surface area contributed by atoms with Crippen molar-refractivity contribution >= 4 is 32.8 Å². The van der Waals surface area contributed by atoms with Gasteiger partial charge in [0.15, 0.2) is 0 Å². The van der Waals surface area contributed by atoms with E-state index in [1.807, 2.05) is 30.5 Å². The topological polar surface area (TPSA) is 81.8 Å². The number of fused-ring (bicyclic) bond motifs is 1. The number of H-pyrrole nitrogens is 2. The molecule has 0 aliphatic heterocycles. The van der Waals surface area contributed by atoms with Crippen LogP contribution < -0.4 is 0 Å². The van der Waals surface area contributed by atoms with Crippen LogP contribution in [0.15, 0.2) is 41.3 Å². The second kappa shape index (κ2) is 5.13. The fourth-order valence-electron chi connectivity index (χ4n) is 2.40. The number of para-hydroxylation sites is 1. The van der Waals surface area contributed by atoms with Crippen LogP contribution in [0.5, 0.6) is 0 Å². The van der Waals surface area contributed by atoms with E-state index in [1.54, 1.807) is 6.20 Å². The summed E-state index contributed by atoms with van der Waals surface area (Å²) >= 11 is 3.31. The Morgan fingerprint density at radius 2 is 2.20 bits per heavy atom. The molecule has 0 radical (unpaired) electrons. The monoisotopic (exact) mass is 333 g/mol. The molecule has 0 saturated carbocycles. The number of rotatable bonds is 4. The molecular weight excluding hydrogens is 322 g/mol. The average molecular weight is 334 g/mol. The van der Waals surface area contributed by atoms with Crippen LogP contribution in [0.25, 0.3) is 10.9 Å². The van der Waals surface area contributed by atoms with Crippen LogP contribution in [-0.4, -0.2) is 26.0 Å². The van der Waals surface area contributed by atoms with Gasteiger partial charge in [-0.05, 0) is 27.6 Å². The molecule has 0 aliphatic rings. The fourth-order valence-corrected chi connectivity index (χ4v) is 2.71. The SMILES string of the molecule is O=C(O)CC(c1ncc(Br)[nH]1)c1c[nH]c2ccccc12. The number of nitrogens with one attached hydrogen (secondary N) is 2. The van der Waals surface area contributed by atoms with Gasteiger partial charge in [0, 0.05) is 17.1 Å². The second-order valence-electron chi connectivity index (χ2n) is 4.56. The first-order chi connectivity index (χ1) is 9.65. The summed E-state index contributed by atoms with van der Waals surface area (Å²) in [6.07, 6.45) is 3.48. The van der Waals surface area contributed by atoms with Crippen molar-refractivity contribution in [3.8, 4) is 0 Å². The van der Waals surface area contributed by atoms with E-state index in [2.05, 4.69) is 30.9 Å². The first kappa shape index (κ1) is 12.9. The summed E-state index contributed by atoms with van der Waals surface area (Å²) in [6.45, 7) is 0. The molecule has 1 atom stereocenters. The number of aromatic nitrogens is 3. The highest BCUT2D eigenvalue weighted by Crippen LogP contribution is 2.32. The lowest BCUT2D eigenvalue weighted by Crippen LogP contribution is -2.09. The average Bonchev–Trinajstić information content (AvgIpc) is 3.02. The zero-order valence-electron chi connectivity index (χ0n) is 10.4. The predicted octanol–water partition coefficient (Wildman–Crippen LogP) is 3.26. The number of carboxylic acids is 1. The number of aliphatic carboxylic acids is 1. The summed E-state index contributed by atoms with van der Waals surface area (Å²) in [5.74, 6) is -0.521. The maximum Gasteiger partial charge on any atom is 0.304 e. The number of halogens is 1. The minimum atomic E-state index is -0.854. The number of imidazole rings is 1. The molecule has 3 rings (SSSR count). The van der Waals surface area contributed by atoms with E-state index in [-0.39, 0.29) is 12.3 Å². The van der Waals surface area contributed by atoms with Crippen molar-refractivity contribution in [2.45, 2.75) is 12.3 Å². The quantitative estimate of drug-likeness (QED) is 0.685. The van der Waals surface area contributed by atoms with Crippen molar-refractivity contribution in [3.05, 3.63) is 52.7 Å². The maximum atomic E-state index is 11.2. The highest BCUT2D eigenvalue weighted by Gasteiger charge is 2.23. The summed E-state index contributed by atoms with van der Waals surface area (Å²) in [4.78, 5) is 21.6. The first-order valence-corrected chi connectivity index (χ1v) is 6.92. The van der Waals surface area contributed by atoms with Crippen LogP contribution in [0, 0.1) is 0 Å². The van der Waals surface area contributed by atoms with Gasteiger partial charge in [-0.25, -0.2) is 4.98 Å². The van der Waals surface area contributed by atoms with Crippen molar-refractivity contribution < 1.29 is 9.90 Å². The normalized spacial score (nSPS) is 12.7. The summed E-state index contributed by atoms with van der Waals surface area (Å²) in [5, 5.41) is 10.2. The van der Waals surface area contributed by atoms with Gasteiger partial charge in [0.2, 0.25) is 0 Å². The Bertz CT molecular complexity index is 762. The van der Waals surface area contributed by atoms with Crippen LogP contribution in [-0.2, 0) is 4.79 Å². The number of carbonyl (C=O) groups is 1. The smallest absolute Gasteiger partial charge is 0.304 e. The van der Waals surface area contributed by atoms with Crippen LogP contribution in [0.4, 0.5) is 0 Å². The Morgan fingerprint density at radius 1 is 1.40 bits per heavy atom. The van der Waals surface area contributed by atoms with Gasteiger partial charge < -0.3 is 15.1 Å². The van der Waals surface area contributed by atoms with Crippen molar-refractivity contribution in [2.75, 3.05) is 0 Å². The first-order valence-electron chi connectivity index (χ1n) is 6.13. The molecule has 3 N–H and O–H groups in total. The molecule has 102 valence electrons. The van der Waals surface area contributed by atoms with E-state index >= 15 is 0 Å². The van der Waals surface area contributed by atoms with Crippen molar-refractivity contribution in [1.82, 2.24) is 15.0 Å². The molecule has 0 spiro atoms. The van der Waals surface area contributed by atoms with E-state index in [0.29, 0.717) is 5.82 Å². The number of carboxylic acid groups (broad SMARTS) is 1. The molecule has 0 saturated heterocycles. The van der Waals surface area contributed by atoms with Gasteiger partial charge in [0.25, 0.3) is 0 Å². The number of hydrogen-bond donors (Lipinski definition) is 3. The zero-order chi connectivity index (χ0) is 14.1. The third kappa shape index (κ3) is 2.34. The Labute approximate surface area is 123 Å². The summed E-state index contributed by atoms with van der Waals surface area (Å²) in [7, 11) is 0. The Morgan fingerprint density at radius 3 is 2.90 bits per heavy atom. The highest BCUT2D eigenvalue weighted by molar-refractivity contribution is 9.10. The lowest BCUT2D eigenvalue weighted by molar-refractivity contribution is -0.137. The van der Waals surface area contributed by atoms with Gasteiger partial charge in [-0.3, -0.25) is 4.79 Å². The van der Waals surface area contributed by atoms with Gasteiger partial charge >= 0.3 is 5.97 Å². The van der Waals surface area contributed by atoms with Crippen LogP contribution in [0.3, 0.4) is 0 Å². The molecule has 3 aromatic rings. The number of nitrogens with zero attached hydrogens (tertiary/aromatic N) is 1. The van der Waals surface area contributed by atoms with Gasteiger partial charge in [0.1, 0.15) is 10.4 Å². The third-order valence-electron chi connectivity index (χ3n) is 3.27. The van der Waals surface area contributed by atoms with E-state index in [4.69, 9.17) is 5.11 Å². The Balaban J connectivity index is 2.11. The lowest BCUT2D eigenvalue weighted by atomic mass is 9.94. The standard InChI is InChI=1S/C14H12BrN3O2/c15-12-7-17-14(18-12)9(5-13(19)20)10-6-16-11-4-2-1-3-8(10)11/h1-4,6-7,9,16H,5H2,(H,17,18)(H,19,20). The summed E-state index contributed by atoms with van der Waals surface area (Å²) in [5.41, 5.74) is 1.92. The molecule has 1 aromatic carbocycles. The lowest BCUT2D eigenvalue weighted by Gasteiger charge is -2.11. The van der Waals surface area contributed by atoms with E-state index in [1.165, 1.54) is 0 Å². The molecule has 5 nitrogen and oxygen atoms in total. The highest BCUT2D eigenvalue weighted by atomic mass is 79.9. The van der Waals surface area contributed by atoms with Crippen molar-refractivity contribution in [2.24, 2.45) is 0 Å². The van der Waals surface area contributed by atoms with E-state index in [9.17, 15) is 4.79 Å². The van der Waals surface area contributed by atoms with Gasteiger partial charge in [0.05, 0.1) is 18.5 Å². The summed E-state index contributed by atoms with van der Waals surface area (Å²) in [6, 6.07) is 7.83. The summed E-state index contributed by atoms with van der Waals surface area (Å²) < 4.78 is 0.739. The number of aromatic amines is 2. The molecule has 0 fully saturated rings. The minimum Gasteiger partial charge on any atom is -0.481 e. The van der Waals surface area contributed by atoms with E-state index in [0.717, 1.165) is 21.1 Å². The van der Waals surface area contributed by atoms with Gasteiger partial charge in [-0.15, -0.1) is 0 Å². The largest absolute Gasteiger partial charge is 0.481 e. The molecule has 2 aromatic heterocycles. The van der Waals surface area contributed by atoms with Crippen LogP contribution in [0.2, 0.25) is 0 Å².